The van der Waals surface area contributed by atoms with Gasteiger partial charge in [-0.3, -0.25) is 9.78 Å². The van der Waals surface area contributed by atoms with E-state index in [4.69, 9.17) is 4.74 Å². The molecule has 104 valence electrons. The van der Waals surface area contributed by atoms with Crippen LogP contribution >= 0.6 is 0 Å². The molecule has 0 spiro atoms. The third-order valence-corrected chi connectivity index (χ3v) is 3.27. The first-order valence-electron chi connectivity index (χ1n) is 6.42. The Hall–Kier alpha value is -2.75. The number of rotatable bonds is 3. The Morgan fingerprint density at radius 3 is 2.81 bits per heavy atom. The van der Waals surface area contributed by atoms with Crippen LogP contribution < -0.4 is 4.74 Å². The highest BCUT2D eigenvalue weighted by molar-refractivity contribution is 6.12. The summed E-state index contributed by atoms with van der Waals surface area (Å²) < 4.78 is 18.5. The van der Waals surface area contributed by atoms with Crippen molar-refractivity contribution < 1.29 is 13.9 Å². The van der Waals surface area contributed by atoms with E-state index in [0.717, 1.165) is 10.9 Å². The Balaban J connectivity index is 2.10. The van der Waals surface area contributed by atoms with Gasteiger partial charge in [-0.1, -0.05) is 6.07 Å². The molecule has 0 unspecified atom stereocenters. The number of pyridine rings is 1. The molecule has 0 bridgehead atoms. The Morgan fingerprint density at radius 1 is 1.14 bits per heavy atom. The van der Waals surface area contributed by atoms with Crippen molar-refractivity contribution in [1.29, 1.82) is 0 Å². The van der Waals surface area contributed by atoms with Gasteiger partial charge in [-0.2, -0.15) is 0 Å². The number of ether oxygens (including phenoxy) is 1. The molecule has 0 saturated heterocycles. The summed E-state index contributed by atoms with van der Waals surface area (Å²) in [6, 6.07) is 12.8. The van der Waals surface area contributed by atoms with E-state index in [2.05, 4.69) is 4.98 Å². The first kappa shape index (κ1) is 13.2. The fourth-order valence-corrected chi connectivity index (χ4v) is 2.23. The van der Waals surface area contributed by atoms with Gasteiger partial charge in [0.2, 0.25) is 0 Å². The number of hydrogen-bond acceptors (Lipinski definition) is 3. The monoisotopic (exact) mass is 281 g/mol. The number of carbonyl (C=O) groups excluding carboxylic acids is 1. The summed E-state index contributed by atoms with van der Waals surface area (Å²) in [6.07, 6.45) is 1.69. The lowest BCUT2D eigenvalue weighted by molar-refractivity contribution is 0.103. The summed E-state index contributed by atoms with van der Waals surface area (Å²) in [6.45, 7) is 0. The van der Waals surface area contributed by atoms with Crippen molar-refractivity contribution in [3.8, 4) is 5.75 Å². The van der Waals surface area contributed by atoms with Gasteiger partial charge in [-0.25, -0.2) is 4.39 Å². The highest BCUT2D eigenvalue weighted by Gasteiger charge is 2.16. The molecule has 21 heavy (non-hydrogen) atoms. The number of ketones is 1. The lowest BCUT2D eigenvalue weighted by Crippen LogP contribution is -2.04. The van der Waals surface area contributed by atoms with Crippen molar-refractivity contribution in [2.45, 2.75) is 0 Å². The minimum absolute atomic E-state index is 0.209. The van der Waals surface area contributed by atoms with Gasteiger partial charge in [-0.15, -0.1) is 0 Å². The van der Waals surface area contributed by atoms with Crippen LogP contribution in [0.2, 0.25) is 0 Å². The number of benzene rings is 2. The topological polar surface area (TPSA) is 39.2 Å². The summed E-state index contributed by atoms with van der Waals surface area (Å²) in [7, 11) is 1.45. The number of fused-ring (bicyclic) bond motifs is 1. The number of aromatic nitrogens is 1. The van der Waals surface area contributed by atoms with Crippen LogP contribution in [0.15, 0.2) is 54.7 Å². The molecule has 0 fully saturated rings. The third-order valence-electron chi connectivity index (χ3n) is 3.27. The van der Waals surface area contributed by atoms with Gasteiger partial charge in [0.25, 0.3) is 0 Å². The second kappa shape index (κ2) is 5.32. The van der Waals surface area contributed by atoms with E-state index in [1.165, 1.54) is 25.3 Å². The van der Waals surface area contributed by atoms with Gasteiger partial charge in [0.1, 0.15) is 11.6 Å². The molecule has 1 aromatic heterocycles. The second-order valence-corrected chi connectivity index (χ2v) is 4.58. The average molecular weight is 281 g/mol. The highest BCUT2D eigenvalue weighted by Crippen LogP contribution is 2.24. The molecule has 3 aromatic rings. The van der Waals surface area contributed by atoms with E-state index < -0.39 is 5.82 Å². The molecule has 0 aliphatic heterocycles. The first-order chi connectivity index (χ1) is 10.2. The fourth-order valence-electron chi connectivity index (χ4n) is 2.23. The van der Waals surface area contributed by atoms with E-state index in [0.29, 0.717) is 11.3 Å². The SMILES string of the molecule is COc1ccc(F)cc1C(=O)c1ccc2ncccc2c1. The number of halogens is 1. The largest absolute Gasteiger partial charge is 0.496 e. The molecule has 0 radical (unpaired) electrons. The van der Waals surface area contributed by atoms with E-state index in [1.807, 2.05) is 6.07 Å². The zero-order chi connectivity index (χ0) is 14.8. The zero-order valence-corrected chi connectivity index (χ0v) is 11.3. The summed E-state index contributed by atoms with van der Waals surface area (Å²) in [5, 5.41) is 0.860. The Bertz CT molecular complexity index is 830. The maximum atomic E-state index is 13.4. The molecular formula is C17H12FNO2. The molecule has 2 aromatic carbocycles. The first-order valence-corrected chi connectivity index (χ1v) is 6.42. The minimum Gasteiger partial charge on any atom is -0.496 e. The molecule has 0 N–H and O–H groups in total. The molecule has 3 nitrogen and oxygen atoms in total. The average Bonchev–Trinajstić information content (AvgIpc) is 2.53. The lowest BCUT2D eigenvalue weighted by atomic mass is 10.0. The Labute approximate surface area is 121 Å². The van der Waals surface area contributed by atoms with Crippen LogP contribution in [0, 0.1) is 5.82 Å². The van der Waals surface area contributed by atoms with Crippen LogP contribution in [0.4, 0.5) is 4.39 Å². The minimum atomic E-state index is -0.471. The summed E-state index contributed by atoms with van der Waals surface area (Å²) in [5.41, 5.74) is 1.49. The molecular weight excluding hydrogens is 269 g/mol. The molecule has 0 aliphatic carbocycles. The predicted octanol–water partition coefficient (Wildman–Crippen LogP) is 3.61. The third kappa shape index (κ3) is 2.48. The van der Waals surface area contributed by atoms with Crippen molar-refractivity contribution in [3.63, 3.8) is 0 Å². The Morgan fingerprint density at radius 2 is 2.00 bits per heavy atom. The van der Waals surface area contributed by atoms with Crippen LogP contribution in [0.1, 0.15) is 15.9 Å². The van der Waals surface area contributed by atoms with Crippen molar-refractivity contribution in [3.05, 3.63) is 71.7 Å². The van der Waals surface area contributed by atoms with E-state index in [1.54, 1.807) is 30.5 Å². The van der Waals surface area contributed by atoms with Crippen molar-refractivity contribution in [2.75, 3.05) is 7.11 Å². The van der Waals surface area contributed by atoms with Gasteiger partial charge < -0.3 is 4.74 Å². The van der Waals surface area contributed by atoms with Gasteiger partial charge >= 0.3 is 0 Å². The lowest BCUT2D eigenvalue weighted by Gasteiger charge is -2.08. The molecule has 3 rings (SSSR count). The molecule has 0 amide bonds. The zero-order valence-electron chi connectivity index (χ0n) is 11.3. The van der Waals surface area contributed by atoms with E-state index in [-0.39, 0.29) is 11.3 Å². The maximum absolute atomic E-state index is 13.4. The van der Waals surface area contributed by atoms with Gasteiger partial charge in [0, 0.05) is 17.1 Å². The Kier molecular flexibility index (Phi) is 3.36. The normalized spacial score (nSPS) is 10.6. The van der Waals surface area contributed by atoms with Crippen LogP contribution in [0.3, 0.4) is 0 Å². The number of hydrogen-bond donors (Lipinski definition) is 0. The fraction of sp³-hybridized carbons (Fsp3) is 0.0588. The highest BCUT2D eigenvalue weighted by atomic mass is 19.1. The van der Waals surface area contributed by atoms with Crippen LogP contribution in [-0.2, 0) is 0 Å². The predicted molar refractivity (Wildman–Crippen MR) is 78.1 cm³/mol. The van der Waals surface area contributed by atoms with Crippen LogP contribution in [0.25, 0.3) is 10.9 Å². The number of nitrogens with zero attached hydrogens (tertiary/aromatic N) is 1. The quantitative estimate of drug-likeness (QED) is 0.688. The summed E-state index contributed by atoms with van der Waals surface area (Å²) in [5.74, 6) is -0.397. The van der Waals surface area contributed by atoms with Crippen molar-refractivity contribution >= 4 is 16.7 Å². The molecule has 0 aliphatic rings. The number of carbonyl (C=O) groups is 1. The van der Waals surface area contributed by atoms with Crippen molar-refractivity contribution in [2.24, 2.45) is 0 Å². The van der Waals surface area contributed by atoms with Gasteiger partial charge in [-0.05, 0) is 42.5 Å². The molecule has 0 saturated carbocycles. The van der Waals surface area contributed by atoms with Gasteiger partial charge in [0.05, 0.1) is 18.2 Å². The molecule has 4 heteroatoms. The summed E-state index contributed by atoms with van der Waals surface area (Å²) in [4.78, 5) is 16.8. The van der Waals surface area contributed by atoms with Gasteiger partial charge in [0.15, 0.2) is 5.78 Å². The maximum Gasteiger partial charge on any atom is 0.196 e. The second-order valence-electron chi connectivity index (χ2n) is 4.58. The molecule has 0 atom stereocenters. The molecule has 1 heterocycles. The van der Waals surface area contributed by atoms with Crippen LogP contribution in [-0.4, -0.2) is 17.9 Å². The van der Waals surface area contributed by atoms with E-state index in [9.17, 15) is 9.18 Å². The number of methoxy groups -OCH3 is 1. The van der Waals surface area contributed by atoms with Crippen molar-refractivity contribution in [1.82, 2.24) is 4.98 Å². The van der Waals surface area contributed by atoms with Crippen LogP contribution in [0.5, 0.6) is 5.75 Å². The smallest absolute Gasteiger partial charge is 0.196 e. The standard InChI is InChI=1S/C17H12FNO2/c1-21-16-7-5-13(18)10-14(16)17(20)12-4-6-15-11(9-12)3-2-8-19-15/h2-10H,1H3. The summed E-state index contributed by atoms with van der Waals surface area (Å²) >= 11 is 0. The van der Waals surface area contributed by atoms with E-state index >= 15 is 0 Å².